The number of anilines is 1. The lowest BCUT2D eigenvalue weighted by Gasteiger charge is -2.10. The first-order chi connectivity index (χ1) is 9.70. The maximum atomic E-state index is 4.88. The largest absolute Gasteiger partial charge is 0.369 e. The minimum atomic E-state index is 1.03. The van der Waals surface area contributed by atoms with Crippen molar-refractivity contribution < 1.29 is 0 Å². The van der Waals surface area contributed by atoms with E-state index in [4.69, 9.17) is 5.10 Å². The summed E-state index contributed by atoms with van der Waals surface area (Å²) in [7, 11) is 0. The predicted molar refractivity (Wildman–Crippen MR) is 87.3 cm³/mol. The molecule has 4 heteroatoms. The smallest absolute Gasteiger partial charge is 0.133 e. The molecule has 2 aromatic rings. The molecule has 0 amide bonds. The second-order valence-corrected chi connectivity index (χ2v) is 6.38. The highest BCUT2D eigenvalue weighted by atomic mass is 32.2. The van der Waals surface area contributed by atoms with E-state index in [0.717, 1.165) is 25.1 Å². The summed E-state index contributed by atoms with van der Waals surface area (Å²) in [6, 6.07) is 6.56. The summed E-state index contributed by atoms with van der Waals surface area (Å²) in [5.74, 6) is 2.34. The normalized spacial score (nSPS) is 13.3. The lowest BCUT2D eigenvalue weighted by molar-refractivity contribution is 0.829. The number of hydrogen-bond donors (Lipinski definition) is 1. The van der Waals surface area contributed by atoms with E-state index in [9.17, 15) is 0 Å². The molecule has 1 aliphatic rings. The molecular weight excluding hydrogens is 266 g/mol. The summed E-state index contributed by atoms with van der Waals surface area (Å²) in [5.41, 5.74) is 6.43. The zero-order chi connectivity index (χ0) is 14.1. The third-order valence-electron chi connectivity index (χ3n) is 3.87. The molecule has 0 spiro atoms. The number of thioether (sulfide) groups is 1. The van der Waals surface area contributed by atoms with E-state index in [-0.39, 0.29) is 0 Å². The molecule has 1 aliphatic heterocycles. The third-order valence-corrected chi connectivity index (χ3v) is 4.48. The van der Waals surface area contributed by atoms with Gasteiger partial charge in [-0.15, -0.1) is 0 Å². The average Bonchev–Trinajstić information content (AvgIpc) is 3.02. The molecule has 0 radical (unpaired) electrons. The van der Waals surface area contributed by atoms with Crippen LogP contribution < -0.4 is 5.32 Å². The van der Waals surface area contributed by atoms with E-state index < -0.39 is 0 Å². The van der Waals surface area contributed by atoms with E-state index >= 15 is 0 Å². The van der Waals surface area contributed by atoms with Crippen LogP contribution in [0.3, 0.4) is 0 Å². The monoisotopic (exact) mass is 287 g/mol. The molecule has 0 bridgehead atoms. The Morgan fingerprint density at radius 3 is 3.00 bits per heavy atom. The molecule has 3 nitrogen and oxygen atoms in total. The molecule has 0 saturated heterocycles. The van der Waals surface area contributed by atoms with Crippen LogP contribution in [0.2, 0.25) is 0 Å². The first kappa shape index (κ1) is 13.6. The molecule has 0 fully saturated rings. The van der Waals surface area contributed by atoms with Crippen LogP contribution in [0.15, 0.2) is 18.2 Å². The van der Waals surface area contributed by atoms with E-state index in [0.29, 0.717) is 0 Å². The van der Waals surface area contributed by atoms with Gasteiger partial charge in [0, 0.05) is 18.5 Å². The molecule has 0 aliphatic carbocycles. The van der Waals surface area contributed by atoms with Gasteiger partial charge in [0.2, 0.25) is 0 Å². The van der Waals surface area contributed by atoms with Crippen molar-refractivity contribution in [3.63, 3.8) is 0 Å². The number of benzene rings is 1. The summed E-state index contributed by atoms with van der Waals surface area (Å²) in [6.07, 6.45) is 4.31. The summed E-state index contributed by atoms with van der Waals surface area (Å²) in [5, 5.41) is 8.39. The van der Waals surface area contributed by atoms with Crippen molar-refractivity contribution in [3.8, 4) is 5.69 Å². The molecule has 1 aromatic heterocycles. The molecule has 1 N–H and O–H groups in total. The van der Waals surface area contributed by atoms with Gasteiger partial charge in [-0.1, -0.05) is 12.1 Å². The van der Waals surface area contributed by atoms with Gasteiger partial charge in [-0.3, -0.25) is 0 Å². The number of nitrogens with zero attached hydrogens (tertiary/aromatic N) is 2. The lowest BCUT2D eigenvalue weighted by atomic mass is 10.1. The minimum absolute atomic E-state index is 1.03. The van der Waals surface area contributed by atoms with Crippen LogP contribution in [0.25, 0.3) is 5.69 Å². The second kappa shape index (κ2) is 5.52. The average molecular weight is 287 g/mol. The Hall–Kier alpha value is -1.42. The number of rotatable bonds is 4. The van der Waals surface area contributed by atoms with Crippen molar-refractivity contribution in [2.24, 2.45) is 0 Å². The van der Waals surface area contributed by atoms with Crippen LogP contribution >= 0.6 is 11.8 Å². The number of hydrogen-bond acceptors (Lipinski definition) is 3. The molecule has 3 rings (SSSR count). The minimum Gasteiger partial charge on any atom is -0.369 e. The second-order valence-electron chi connectivity index (χ2n) is 5.40. The van der Waals surface area contributed by atoms with Gasteiger partial charge < -0.3 is 5.32 Å². The fourth-order valence-corrected chi connectivity index (χ4v) is 3.16. The number of nitrogens with one attached hydrogen (secondary N) is 1. The fourth-order valence-electron chi connectivity index (χ4n) is 2.77. The summed E-state index contributed by atoms with van der Waals surface area (Å²) < 4.78 is 2.11. The maximum Gasteiger partial charge on any atom is 0.133 e. The van der Waals surface area contributed by atoms with E-state index in [1.54, 1.807) is 0 Å². The zero-order valence-corrected chi connectivity index (χ0v) is 13.2. The maximum absolute atomic E-state index is 4.88. The Kier molecular flexibility index (Phi) is 3.74. The quantitative estimate of drug-likeness (QED) is 0.935. The summed E-state index contributed by atoms with van der Waals surface area (Å²) in [6.45, 7) is 5.32. The van der Waals surface area contributed by atoms with Crippen molar-refractivity contribution in [1.29, 1.82) is 0 Å². The molecule has 2 heterocycles. The van der Waals surface area contributed by atoms with Gasteiger partial charge in [0.05, 0.1) is 11.4 Å². The Morgan fingerprint density at radius 1 is 1.35 bits per heavy atom. The standard InChI is InChI=1S/C16H21N3S/c1-11-4-5-12(2)15(10-11)19-16-13(6-8-17-16)14(18-19)7-9-20-3/h4-5,10,17H,6-9H2,1-3H3. The number of fused-ring (bicyclic) bond motifs is 1. The SMILES string of the molecule is CSCCc1nn(-c2cc(C)ccc2C)c2c1CCN2. The van der Waals surface area contributed by atoms with E-state index in [1.165, 1.54) is 33.9 Å². The third kappa shape index (κ3) is 2.33. The van der Waals surface area contributed by atoms with E-state index in [1.807, 2.05) is 11.8 Å². The van der Waals surface area contributed by atoms with Crippen molar-refractivity contribution in [3.05, 3.63) is 40.6 Å². The van der Waals surface area contributed by atoms with Crippen LogP contribution in [-0.2, 0) is 12.8 Å². The first-order valence-electron chi connectivity index (χ1n) is 7.12. The highest BCUT2D eigenvalue weighted by Crippen LogP contribution is 2.30. The number of aromatic nitrogens is 2. The van der Waals surface area contributed by atoms with Crippen molar-refractivity contribution in [2.45, 2.75) is 26.7 Å². The summed E-state index contributed by atoms with van der Waals surface area (Å²) in [4.78, 5) is 0. The Bertz CT molecular complexity index is 631. The topological polar surface area (TPSA) is 29.9 Å². The van der Waals surface area contributed by atoms with Crippen LogP contribution in [0, 0.1) is 13.8 Å². The fraction of sp³-hybridized carbons (Fsp3) is 0.438. The molecule has 20 heavy (non-hydrogen) atoms. The molecular formula is C16H21N3S. The van der Waals surface area contributed by atoms with Crippen LogP contribution in [-0.4, -0.2) is 28.3 Å². The predicted octanol–water partition coefficient (Wildman–Crippen LogP) is 3.36. The van der Waals surface area contributed by atoms with Gasteiger partial charge >= 0.3 is 0 Å². The van der Waals surface area contributed by atoms with E-state index in [2.05, 4.69) is 48.3 Å². The highest BCUT2D eigenvalue weighted by molar-refractivity contribution is 7.98. The molecule has 1 aromatic carbocycles. The van der Waals surface area contributed by atoms with Crippen LogP contribution in [0.1, 0.15) is 22.4 Å². The Labute approximate surface area is 124 Å². The highest BCUT2D eigenvalue weighted by Gasteiger charge is 2.23. The van der Waals surface area contributed by atoms with Crippen LogP contribution in [0.5, 0.6) is 0 Å². The first-order valence-corrected chi connectivity index (χ1v) is 8.51. The van der Waals surface area contributed by atoms with Crippen molar-refractivity contribution in [2.75, 3.05) is 23.9 Å². The summed E-state index contributed by atoms with van der Waals surface area (Å²) >= 11 is 1.88. The van der Waals surface area contributed by atoms with Gasteiger partial charge in [0.25, 0.3) is 0 Å². The molecule has 0 unspecified atom stereocenters. The van der Waals surface area contributed by atoms with Crippen LogP contribution in [0.4, 0.5) is 5.82 Å². The number of aryl methyl sites for hydroxylation is 3. The van der Waals surface area contributed by atoms with Gasteiger partial charge in [-0.05, 0) is 49.5 Å². The van der Waals surface area contributed by atoms with Gasteiger partial charge in [-0.2, -0.15) is 16.9 Å². The van der Waals surface area contributed by atoms with Gasteiger partial charge in [0.1, 0.15) is 5.82 Å². The van der Waals surface area contributed by atoms with Crippen molar-refractivity contribution >= 4 is 17.6 Å². The molecule has 0 atom stereocenters. The Balaban J connectivity index is 2.07. The molecule has 0 saturated carbocycles. The van der Waals surface area contributed by atoms with Gasteiger partial charge in [0.15, 0.2) is 0 Å². The lowest BCUT2D eigenvalue weighted by Crippen LogP contribution is -2.06. The van der Waals surface area contributed by atoms with Gasteiger partial charge in [-0.25, -0.2) is 4.68 Å². The zero-order valence-electron chi connectivity index (χ0n) is 12.4. The molecule has 106 valence electrons. The Morgan fingerprint density at radius 2 is 2.20 bits per heavy atom. The van der Waals surface area contributed by atoms with Crippen molar-refractivity contribution in [1.82, 2.24) is 9.78 Å².